The lowest BCUT2D eigenvalue weighted by molar-refractivity contribution is -0.122. The minimum absolute atomic E-state index is 0.0648. The summed E-state index contributed by atoms with van der Waals surface area (Å²) in [5, 5.41) is 21.6. The van der Waals surface area contributed by atoms with Crippen LogP contribution in [0, 0.1) is 6.92 Å². The van der Waals surface area contributed by atoms with Crippen molar-refractivity contribution in [2.75, 3.05) is 33.8 Å². The summed E-state index contributed by atoms with van der Waals surface area (Å²) >= 11 is -2.36. The molecule has 0 amide bonds. The zero-order valence-electron chi connectivity index (χ0n) is 18.2. The third-order valence-electron chi connectivity index (χ3n) is 4.06. The summed E-state index contributed by atoms with van der Waals surface area (Å²) in [7, 11) is 3.55. The average Bonchev–Trinajstić information content (AvgIpc) is 3.25. The van der Waals surface area contributed by atoms with Crippen molar-refractivity contribution in [2.24, 2.45) is 0 Å². The summed E-state index contributed by atoms with van der Waals surface area (Å²) in [6, 6.07) is 14.7. The van der Waals surface area contributed by atoms with Gasteiger partial charge in [0.1, 0.15) is 5.75 Å². The van der Waals surface area contributed by atoms with Gasteiger partial charge in [0.25, 0.3) is 6.47 Å². The number of halogens is 1. The molecule has 4 N–H and O–H groups in total. The van der Waals surface area contributed by atoms with Crippen molar-refractivity contribution >= 4 is 17.7 Å². The van der Waals surface area contributed by atoms with Crippen LogP contribution in [0.3, 0.4) is 0 Å². The van der Waals surface area contributed by atoms with Gasteiger partial charge in [0.15, 0.2) is 0 Å². The van der Waals surface area contributed by atoms with Gasteiger partial charge in [-0.2, -0.15) is 0 Å². The first kappa shape index (κ1) is 28.7. The lowest BCUT2D eigenvalue weighted by Crippen LogP contribution is -2.11. The van der Waals surface area contributed by atoms with E-state index in [1.807, 2.05) is 31.3 Å². The lowest BCUT2D eigenvalue weighted by Gasteiger charge is -2.00. The second-order valence-electron chi connectivity index (χ2n) is 6.49. The van der Waals surface area contributed by atoms with E-state index in [1.54, 1.807) is 31.4 Å². The van der Waals surface area contributed by atoms with E-state index in [1.165, 1.54) is 5.56 Å². The molecule has 2 aromatic carbocycles. The van der Waals surface area contributed by atoms with Crippen molar-refractivity contribution < 1.29 is 27.8 Å². The number of aryl methyl sites for hydroxylation is 1. The molecule has 0 saturated carbocycles. The van der Waals surface area contributed by atoms with Crippen molar-refractivity contribution in [3.05, 3.63) is 59.7 Å². The minimum Gasteiger partial charge on any atom is -0.497 e. The largest absolute Gasteiger partial charge is 0.497 e. The van der Waals surface area contributed by atoms with Gasteiger partial charge in [0.05, 0.1) is 18.1 Å². The Labute approximate surface area is 186 Å². The lowest BCUT2D eigenvalue weighted by atomic mass is 10.1. The van der Waals surface area contributed by atoms with E-state index in [4.69, 9.17) is 19.7 Å². The fraction of sp³-hybridized carbons (Fsp3) is 0.409. The molecule has 0 spiro atoms. The Balaban J connectivity index is 0.000000433. The van der Waals surface area contributed by atoms with Crippen molar-refractivity contribution in [2.45, 2.75) is 30.8 Å². The van der Waals surface area contributed by atoms with Crippen LogP contribution in [0.15, 0.2) is 53.4 Å². The second-order valence-corrected chi connectivity index (χ2v) is 7.41. The molecule has 31 heavy (non-hydrogen) atoms. The molecule has 0 aromatic heterocycles. The number of carboxylic acid groups (broad SMARTS) is 1. The highest BCUT2D eigenvalue weighted by molar-refractivity contribution is 7.79. The van der Waals surface area contributed by atoms with Crippen LogP contribution in [0.4, 0.5) is 3.89 Å². The zero-order valence-corrected chi connectivity index (χ0v) is 19.0. The predicted octanol–water partition coefficient (Wildman–Crippen LogP) is 2.49. The first-order valence-corrected chi connectivity index (χ1v) is 10.8. The number of nitrogens with one attached hydrogen (secondary N) is 2. The molecular weight excluding hydrogens is 423 g/mol. The molecule has 2 aromatic rings. The highest BCUT2D eigenvalue weighted by Gasteiger charge is 2.08. The van der Waals surface area contributed by atoms with E-state index >= 15 is 0 Å². The van der Waals surface area contributed by atoms with E-state index in [2.05, 4.69) is 17.6 Å². The smallest absolute Gasteiger partial charge is 0.290 e. The highest BCUT2D eigenvalue weighted by Crippen LogP contribution is 2.10. The zero-order chi connectivity index (χ0) is 23.5. The van der Waals surface area contributed by atoms with E-state index in [0.717, 1.165) is 43.8 Å². The van der Waals surface area contributed by atoms with Crippen LogP contribution in [-0.4, -0.2) is 60.8 Å². The number of ether oxygens (including phenoxy) is 1. The molecule has 0 radical (unpaired) electrons. The molecule has 2 unspecified atom stereocenters. The van der Waals surface area contributed by atoms with Crippen LogP contribution in [0.5, 0.6) is 5.75 Å². The average molecular weight is 457 g/mol. The quantitative estimate of drug-likeness (QED) is 0.404. The third kappa shape index (κ3) is 15.2. The van der Waals surface area contributed by atoms with Gasteiger partial charge in [-0.3, -0.25) is 4.79 Å². The van der Waals surface area contributed by atoms with Crippen LogP contribution in [0.2, 0.25) is 0 Å². The predicted molar refractivity (Wildman–Crippen MR) is 122 cm³/mol. The van der Waals surface area contributed by atoms with Crippen molar-refractivity contribution in [3.8, 4) is 5.75 Å². The van der Waals surface area contributed by atoms with Crippen molar-refractivity contribution in [3.63, 3.8) is 0 Å². The standard InChI is InChI=1S/C9H12FNOS.C8H10O.C4H9NO.CH2O2/c1-11-7-6-8-2-4-9(5-3-8)13(10)12;1-7-3-5-8(9-2)6-4-7;6-4-1-2-5-3-4;2-1-3/h2-5,11H,6-7H2,1H3;3-6H,1-2H3;4-6H,1-3H2;1H,(H,2,3). The van der Waals surface area contributed by atoms with E-state index in [0.29, 0.717) is 0 Å². The maximum Gasteiger partial charge on any atom is 0.290 e. The van der Waals surface area contributed by atoms with Crippen molar-refractivity contribution in [1.29, 1.82) is 0 Å². The number of aliphatic hydroxyl groups is 1. The fourth-order valence-corrected chi connectivity index (χ4v) is 2.70. The number of hydrogen-bond acceptors (Lipinski definition) is 6. The SMILES string of the molecule is CNCCc1ccc(S(=O)F)cc1.COc1ccc(C)cc1.O=CO.OC1CCNC1. The molecule has 1 aliphatic heterocycles. The first-order chi connectivity index (χ1) is 14.9. The van der Waals surface area contributed by atoms with E-state index < -0.39 is 11.2 Å². The highest BCUT2D eigenvalue weighted by atomic mass is 32.2. The first-order valence-electron chi connectivity index (χ1n) is 9.76. The van der Waals surface area contributed by atoms with Gasteiger partial charge in [-0.25, -0.2) is 4.21 Å². The van der Waals surface area contributed by atoms with E-state index in [-0.39, 0.29) is 17.5 Å². The second kappa shape index (κ2) is 18.4. The Bertz CT molecular complexity index is 724. The van der Waals surface area contributed by atoms with Gasteiger partial charge in [-0.1, -0.05) is 29.8 Å². The Kier molecular flexibility index (Phi) is 17.1. The van der Waals surface area contributed by atoms with Gasteiger partial charge in [0.2, 0.25) is 11.2 Å². The van der Waals surface area contributed by atoms with Crippen molar-refractivity contribution in [1.82, 2.24) is 10.6 Å². The molecule has 0 bridgehead atoms. The molecule has 1 saturated heterocycles. The maximum atomic E-state index is 12.3. The molecular formula is C22H33FN2O5S. The topological polar surface area (TPSA) is 108 Å². The third-order valence-corrected chi connectivity index (χ3v) is 4.71. The number of methoxy groups -OCH3 is 1. The molecule has 0 aliphatic carbocycles. The molecule has 1 aliphatic rings. The maximum absolute atomic E-state index is 12.3. The number of benzene rings is 2. The summed E-state index contributed by atoms with van der Waals surface area (Å²) in [4.78, 5) is 8.59. The Hall–Kier alpha value is -2.33. The number of rotatable bonds is 5. The Morgan fingerprint density at radius 3 is 2.16 bits per heavy atom. The summed E-state index contributed by atoms with van der Waals surface area (Å²) in [6.45, 7) is 4.47. The molecule has 1 heterocycles. The van der Waals surface area contributed by atoms with Gasteiger partial charge >= 0.3 is 0 Å². The van der Waals surface area contributed by atoms with Gasteiger partial charge in [0, 0.05) is 6.54 Å². The normalized spacial score (nSPS) is 15.1. The Morgan fingerprint density at radius 2 is 1.81 bits per heavy atom. The fourth-order valence-electron chi connectivity index (χ4n) is 2.35. The van der Waals surface area contributed by atoms with Crippen LogP contribution >= 0.6 is 0 Å². The van der Waals surface area contributed by atoms with Crippen LogP contribution in [0.1, 0.15) is 17.5 Å². The monoisotopic (exact) mass is 456 g/mol. The van der Waals surface area contributed by atoms with Gasteiger partial charge < -0.3 is 25.6 Å². The van der Waals surface area contributed by atoms with Gasteiger partial charge in [-0.05, 0) is 69.7 Å². The molecule has 174 valence electrons. The summed E-state index contributed by atoms with van der Waals surface area (Å²) in [5.41, 5.74) is 2.37. The number of β-amino-alcohol motifs (C(OH)–C–C–N with tert-alkyl or cyclic N) is 1. The number of carbonyl (C=O) groups is 1. The molecule has 9 heteroatoms. The molecule has 7 nitrogen and oxygen atoms in total. The summed E-state index contributed by atoms with van der Waals surface area (Å²) in [6.07, 6.45) is 1.76. The Morgan fingerprint density at radius 1 is 1.23 bits per heavy atom. The number of aliphatic hydroxyl groups excluding tert-OH is 1. The van der Waals surface area contributed by atoms with Gasteiger partial charge in [-0.15, -0.1) is 3.89 Å². The number of likely N-dealkylation sites (N-methyl/N-ethyl adjacent to an activating group) is 1. The molecule has 2 atom stereocenters. The van der Waals surface area contributed by atoms with Crippen LogP contribution in [-0.2, 0) is 22.4 Å². The summed E-state index contributed by atoms with van der Waals surface area (Å²) < 4.78 is 27.6. The number of hydrogen-bond donors (Lipinski definition) is 4. The van der Waals surface area contributed by atoms with Crippen LogP contribution in [0.25, 0.3) is 0 Å². The summed E-state index contributed by atoms with van der Waals surface area (Å²) in [5.74, 6) is 0.917. The van der Waals surface area contributed by atoms with E-state index in [9.17, 15) is 8.09 Å². The molecule has 1 fully saturated rings. The van der Waals surface area contributed by atoms with Crippen LogP contribution < -0.4 is 15.4 Å². The minimum atomic E-state index is -2.36. The molecule has 3 rings (SSSR count).